The average molecular weight is 223 g/mol. The molecule has 16 heavy (non-hydrogen) atoms. The number of ether oxygens (including phenoxy) is 1. The van der Waals surface area contributed by atoms with Crippen molar-refractivity contribution in [3.8, 4) is 5.88 Å². The molecule has 0 aliphatic heterocycles. The molecule has 1 rings (SSSR count). The van der Waals surface area contributed by atoms with Gasteiger partial charge in [-0.2, -0.15) is 4.98 Å². The zero-order valence-corrected chi connectivity index (χ0v) is 10.2. The van der Waals surface area contributed by atoms with E-state index in [1.807, 2.05) is 18.2 Å². The Kier molecular flexibility index (Phi) is 5.05. The van der Waals surface area contributed by atoms with E-state index in [0.717, 1.165) is 12.2 Å². The van der Waals surface area contributed by atoms with Crippen molar-refractivity contribution in [2.75, 3.05) is 19.0 Å². The Labute approximate surface area is 97.2 Å². The Balaban J connectivity index is 2.68. The molecule has 1 heterocycles. The first-order valence-corrected chi connectivity index (χ1v) is 5.65. The van der Waals surface area contributed by atoms with Gasteiger partial charge in [0.2, 0.25) is 5.88 Å². The molecule has 0 saturated heterocycles. The summed E-state index contributed by atoms with van der Waals surface area (Å²) in [4.78, 5) is 4.32. The van der Waals surface area contributed by atoms with Gasteiger partial charge in [0.25, 0.3) is 0 Å². The smallest absolute Gasteiger partial charge is 0.214 e. The molecule has 1 atom stereocenters. The third-order valence-corrected chi connectivity index (χ3v) is 2.55. The molecule has 4 nitrogen and oxygen atoms in total. The van der Waals surface area contributed by atoms with Crippen LogP contribution in [0.2, 0.25) is 0 Å². The molecular formula is C12H21N3O. The van der Waals surface area contributed by atoms with Crippen molar-refractivity contribution in [1.82, 2.24) is 4.98 Å². The second-order valence-corrected chi connectivity index (χ2v) is 4.14. The number of hydrogen-bond acceptors (Lipinski definition) is 4. The van der Waals surface area contributed by atoms with Gasteiger partial charge in [-0.25, -0.2) is 0 Å². The van der Waals surface area contributed by atoms with E-state index in [9.17, 15) is 0 Å². The predicted octanol–water partition coefficient (Wildman–Crippen LogP) is 1.88. The summed E-state index contributed by atoms with van der Waals surface area (Å²) in [5.41, 5.74) is 5.59. The van der Waals surface area contributed by atoms with Crippen molar-refractivity contribution in [3.63, 3.8) is 0 Å². The van der Waals surface area contributed by atoms with Crippen LogP contribution in [0.3, 0.4) is 0 Å². The highest BCUT2D eigenvalue weighted by Gasteiger charge is 2.12. The van der Waals surface area contributed by atoms with Crippen molar-refractivity contribution in [2.45, 2.75) is 26.3 Å². The number of hydrogen-bond donors (Lipinski definition) is 2. The van der Waals surface area contributed by atoms with Gasteiger partial charge < -0.3 is 15.8 Å². The summed E-state index contributed by atoms with van der Waals surface area (Å²) in [6.45, 7) is 5.03. The summed E-state index contributed by atoms with van der Waals surface area (Å²) >= 11 is 0. The van der Waals surface area contributed by atoms with E-state index in [0.29, 0.717) is 24.4 Å². The third kappa shape index (κ3) is 3.70. The molecule has 0 radical (unpaired) electrons. The lowest BCUT2D eigenvalue weighted by Gasteiger charge is -2.22. The zero-order valence-electron chi connectivity index (χ0n) is 10.2. The Morgan fingerprint density at radius 1 is 1.44 bits per heavy atom. The van der Waals surface area contributed by atoms with Crippen LogP contribution in [0.25, 0.3) is 0 Å². The van der Waals surface area contributed by atoms with Crippen molar-refractivity contribution < 1.29 is 4.74 Å². The van der Waals surface area contributed by atoms with Gasteiger partial charge in [0.15, 0.2) is 0 Å². The maximum absolute atomic E-state index is 5.59. The fourth-order valence-corrected chi connectivity index (χ4v) is 1.55. The maximum Gasteiger partial charge on any atom is 0.214 e. The van der Waals surface area contributed by atoms with Crippen LogP contribution in [-0.4, -0.2) is 24.7 Å². The summed E-state index contributed by atoms with van der Waals surface area (Å²) in [5, 5.41) is 3.38. The van der Waals surface area contributed by atoms with E-state index in [2.05, 4.69) is 24.1 Å². The van der Waals surface area contributed by atoms with Gasteiger partial charge in [-0.3, -0.25) is 0 Å². The fraction of sp³-hybridized carbons (Fsp3) is 0.583. The highest BCUT2D eigenvalue weighted by molar-refractivity contribution is 5.38. The van der Waals surface area contributed by atoms with Gasteiger partial charge in [0.05, 0.1) is 7.11 Å². The fourth-order valence-electron chi connectivity index (χ4n) is 1.55. The van der Waals surface area contributed by atoms with Gasteiger partial charge in [-0.15, -0.1) is 0 Å². The zero-order chi connectivity index (χ0) is 12.0. The SMILES string of the molecule is COc1cccc(NC(CCN)C(C)C)n1. The Hall–Kier alpha value is -1.29. The first-order chi connectivity index (χ1) is 7.67. The molecule has 90 valence electrons. The third-order valence-electron chi connectivity index (χ3n) is 2.55. The summed E-state index contributed by atoms with van der Waals surface area (Å²) in [6, 6.07) is 6.05. The van der Waals surface area contributed by atoms with Crippen molar-refractivity contribution >= 4 is 5.82 Å². The molecule has 1 unspecified atom stereocenters. The molecule has 0 spiro atoms. The lowest BCUT2D eigenvalue weighted by Crippen LogP contribution is -2.28. The Morgan fingerprint density at radius 2 is 2.19 bits per heavy atom. The minimum atomic E-state index is 0.351. The molecule has 0 saturated carbocycles. The van der Waals surface area contributed by atoms with E-state index in [4.69, 9.17) is 10.5 Å². The summed E-state index contributed by atoms with van der Waals surface area (Å²) in [5.74, 6) is 1.99. The van der Waals surface area contributed by atoms with E-state index in [1.54, 1.807) is 7.11 Å². The second-order valence-electron chi connectivity index (χ2n) is 4.14. The molecule has 1 aromatic heterocycles. The van der Waals surface area contributed by atoms with Crippen molar-refractivity contribution in [1.29, 1.82) is 0 Å². The standard InChI is InChI=1S/C12H21N3O/c1-9(2)10(7-8-13)14-11-5-4-6-12(15-11)16-3/h4-6,9-10H,7-8,13H2,1-3H3,(H,14,15). The van der Waals surface area contributed by atoms with E-state index >= 15 is 0 Å². The molecule has 0 bridgehead atoms. The lowest BCUT2D eigenvalue weighted by molar-refractivity contribution is 0.398. The quantitative estimate of drug-likeness (QED) is 0.773. The molecule has 0 amide bonds. The van der Waals surface area contributed by atoms with Crippen LogP contribution in [0.15, 0.2) is 18.2 Å². The van der Waals surface area contributed by atoms with E-state index in [-0.39, 0.29) is 0 Å². The first-order valence-electron chi connectivity index (χ1n) is 5.65. The van der Waals surface area contributed by atoms with Crippen LogP contribution in [0.5, 0.6) is 5.88 Å². The number of rotatable bonds is 6. The van der Waals surface area contributed by atoms with Gasteiger partial charge >= 0.3 is 0 Å². The highest BCUT2D eigenvalue weighted by atomic mass is 16.5. The normalized spacial score (nSPS) is 12.6. The number of aromatic nitrogens is 1. The number of pyridine rings is 1. The van der Waals surface area contributed by atoms with Crippen molar-refractivity contribution in [2.24, 2.45) is 11.7 Å². The molecule has 4 heteroatoms. The van der Waals surface area contributed by atoms with Crippen LogP contribution < -0.4 is 15.8 Å². The predicted molar refractivity (Wildman–Crippen MR) is 66.7 cm³/mol. The van der Waals surface area contributed by atoms with Crippen LogP contribution in [0, 0.1) is 5.92 Å². The van der Waals surface area contributed by atoms with Gasteiger partial charge in [-0.1, -0.05) is 19.9 Å². The topological polar surface area (TPSA) is 60.2 Å². The minimum absolute atomic E-state index is 0.351. The highest BCUT2D eigenvalue weighted by Crippen LogP contribution is 2.15. The Bertz CT molecular complexity index is 315. The summed E-state index contributed by atoms with van der Waals surface area (Å²) in [6.07, 6.45) is 0.941. The van der Waals surface area contributed by atoms with Crippen LogP contribution in [-0.2, 0) is 0 Å². The van der Waals surface area contributed by atoms with E-state index < -0.39 is 0 Å². The summed E-state index contributed by atoms with van der Waals surface area (Å²) in [7, 11) is 1.62. The van der Waals surface area contributed by atoms with Gasteiger partial charge in [-0.05, 0) is 24.9 Å². The number of nitrogens with one attached hydrogen (secondary N) is 1. The van der Waals surface area contributed by atoms with E-state index in [1.165, 1.54) is 0 Å². The molecular weight excluding hydrogens is 202 g/mol. The number of nitrogens with zero attached hydrogens (tertiary/aromatic N) is 1. The minimum Gasteiger partial charge on any atom is -0.481 e. The maximum atomic E-state index is 5.59. The number of anilines is 1. The number of nitrogens with two attached hydrogens (primary N) is 1. The monoisotopic (exact) mass is 223 g/mol. The largest absolute Gasteiger partial charge is 0.481 e. The second kappa shape index (κ2) is 6.33. The molecule has 0 aromatic carbocycles. The van der Waals surface area contributed by atoms with Crippen LogP contribution >= 0.6 is 0 Å². The Morgan fingerprint density at radius 3 is 2.75 bits per heavy atom. The number of methoxy groups -OCH3 is 1. The van der Waals surface area contributed by atoms with Crippen LogP contribution in [0.1, 0.15) is 20.3 Å². The molecule has 1 aromatic rings. The van der Waals surface area contributed by atoms with Crippen molar-refractivity contribution in [3.05, 3.63) is 18.2 Å². The molecule has 3 N–H and O–H groups in total. The molecule has 0 aliphatic rings. The van der Waals surface area contributed by atoms with Gasteiger partial charge in [0, 0.05) is 12.1 Å². The lowest BCUT2D eigenvalue weighted by atomic mass is 10.0. The van der Waals surface area contributed by atoms with Gasteiger partial charge in [0.1, 0.15) is 5.82 Å². The van der Waals surface area contributed by atoms with Crippen LogP contribution in [0.4, 0.5) is 5.82 Å². The molecule has 0 fully saturated rings. The average Bonchev–Trinajstić information content (AvgIpc) is 2.28. The first kappa shape index (κ1) is 12.8. The molecule has 0 aliphatic carbocycles. The summed E-state index contributed by atoms with van der Waals surface area (Å²) < 4.78 is 5.08.